The summed E-state index contributed by atoms with van der Waals surface area (Å²) in [7, 11) is 0. The lowest BCUT2D eigenvalue weighted by Gasteiger charge is -2.10. The smallest absolute Gasteiger partial charge is 0.0730 e. The number of nitrogens with one attached hydrogen (secondary N) is 1. The molecule has 0 bridgehead atoms. The average molecular weight is 278 g/mol. The highest BCUT2D eigenvalue weighted by Crippen LogP contribution is 2.27. The van der Waals surface area contributed by atoms with Gasteiger partial charge in [0.25, 0.3) is 0 Å². The first kappa shape index (κ1) is 12.2. The Hall–Kier alpha value is 0.100. The Bertz CT molecular complexity index is 268. The standard InChI is InChI=1S/C10H16BrNOS/c1-7-5-9(14-10(7)11)6-12-8(2)3-4-13/h5,8,12-13H,3-4,6H2,1-2H3/t8-/m1/s1. The van der Waals surface area contributed by atoms with E-state index in [0.717, 1.165) is 13.0 Å². The molecule has 0 saturated carbocycles. The topological polar surface area (TPSA) is 32.3 Å². The van der Waals surface area contributed by atoms with Gasteiger partial charge in [-0.05, 0) is 47.8 Å². The molecule has 0 fully saturated rings. The van der Waals surface area contributed by atoms with Crippen molar-refractivity contribution in [1.82, 2.24) is 5.32 Å². The lowest BCUT2D eigenvalue weighted by molar-refractivity contribution is 0.269. The van der Waals surface area contributed by atoms with Crippen molar-refractivity contribution in [2.75, 3.05) is 6.61 Å². The van der Waals surface area contributed by atoms with E-state index in [4.69, 9.17) is 5.11 Å². The molecule has 4 heteroatoms. The molecule has 0 aliphatic rings. The number of halogens is 1. The van der Waals surface area contributed by atoms with Gasteiger partial charge in [0.1, 0.15) is 0 Å². The highest BCUT2D eigenvalue weighted by molar-refractivity contribution is 9.11. The molecular weight excluding hydrogens is 262 g/mol. The number of thiophene rings is 1. The van der Waals surface area contributed by atoms with Crippen LogP contribution in [0, 0.1) is 6.92 Å². The Morgan fingerprint density at radius 2 is 2.36 bits per heavy atom. The zero-order valence-corrected chi connectivity index (χ0v) is 10.9. The quantitative estimate of drug-likeness (QED) is 0.868. The summed E-state index contributed by atoms with van der Waals surface area (Å²) in [5.74, 6) is 0. The van der Waals surface area contributed by atoms with Gasteiger partial charge >= 0.3 is 0 Å². The minimum absolute atomic E-state index is 0.251. The highest BCUT2D eigenvalue weighted by atomic mass is 79.9. The largest absolute Gasteiger partial charge is 0.396 e. The molecule has 0 saturated heterocycles. The monoisotopic (exact) mass is 277 g/mol. The van der Waals surface area contributed by atoms with Crippen LogP contribution in [0.3, 0.4) is 0 Å². The highest BCUT2D eigenvalue weighted by Gasteiger charge is 2.04. The summed E-state index contributed by atoms with van der Waals surface area (Å²) in [6.07, 6.45) is 0.811. The first-order valence-electron chi connectivity index (χ1n) is 4.72. The second-order valence-corrected chi connectivity index (χ2v) is 5.92. The summed E-state index contributed by atoms with van der Waals surface area (Å²) in [6, 6.07) is 2.56. The summed E-state index contributed by atoms with van der Waals surface area (Å²) in [5.41, 5.74) is 1.29. The number of aliphatic hydroxyl groups excluding tert-OH is 1. The van der Waals surface area contributed by atoms with Crippen molar-refractivity contribution in [3.8, 4) is 0 Å². The predicted octanol–water partition coefficient (Wildman–Crippen LogP) is 2.68. The maximum atomic E-state index is 8.74. The molecule has 0 unspecified atom stereocenters. The average Bonchev–Trinajstić information content (AvgIpc) is 2.44. The van der Waals surface area contributed by atoms with Gasteiger partial charge in [-0.3, -0.25) is 0 Å². The third-order valence-electron chi connectivity index (χ3n) is 2.10. The summed E-state index contributed by atoms with van der Waals surface area (Å²) in [6.45, 7) is 5.33. The van der Waals surface area contributed by atoms with Crippen LogP contribution in [0.4, 0.5) is 0 Å². The van der Waals surface area contributed by atoms with Crippen LogP contribution in [-0.4, -0.2) is 17.8 Å². The van der Waals surface area contributed by atoms with Crippen molar-refractivity contribution in [3.63, 3.8) is 0 Å². The molecule has 80 valence electrons. The molecule has 0 aliphatic carbocycles. The molecule has 0 amide bonds. The van der Waals surface area contributed by atoms with Gasteiger partial charge in [0.2, 0.25) is 0 Å². The van der Waals surface area contributed by atoms with Crippen LogP contribution < -0.4 is 5.32 Å². The summed E-state index contributed by atoms with van der Waals surface area (Å²) in [4.78, 5) is 1.33. The molecule has 1 aromatic heterocycles. The lowest BCUT2D eigenvalue weighted by Crippen LogP contribution is -2.25. The lowest BCUT2D eigenvalue weighted by atomic mass is 10.2. The first-order chi connectivity index (χ1) is 6.63. The van der Waals surface area contributed by atoms with Gasteiger partial charge < -0.3 is 10.4 Å². The molecular formula is C10H16BrNOS. The van der Waals surface area contributed by atoms with E-state index in [1.54, 1.807) is 11.3 Å². The zero-order valence-electron chi connectivity index (χ0n) is 8.51. The van der Waals surface area contributed by atoms with E-state index in [1.165, 1.54) is 14.2 Å². The van der Waals surface area contributed by atoms with Crippen LogP contribution in [-0.2, 0) is 6.54 Å². The summed E-state index contributed by atoms with van der Waals surface area (Å²) >= 11 is 5.27. The summed E-state index contributed by atoms with van der Waals surface area (Å²) < 4.78 is 1.21. The fourth-order valence-corrected chi connectivity index (χ4v) is 2.76. The second-order valence-electron chi connectivity index (χ2n) is 3.46. The predicted molar refractivity (Wildman–Crippen MR) is 64.8 cm³/mol. The van der Waals surface area contributed by atoms with Crippen molar-refractivity contribution in [2.24, 2.45) is 0 Å². The van der Waals surface area contributed by atoms with E-state index in [0.29, 0.717) is 6.04 Å². The minimum atomic E-state index is 0.251. The normalized spacial score (nSPS) is 13.1. The van der Waals surface area contributed by atoms with Crippen LogP contribution in [0.5, 0.6) is 0 Å². The summed E-state index contributed by atoms with van der Waals surface area (Å²) in [5, 5.41) is 12.1. The minimum Gasteiger partial charge on any atom is -0.396 e. The number of rotatable bonds is 5. The SMILES string of the molecule is Cc1cc(CN[C@H](C)CCO)sc1Br. The van der Waals surface area contributed by atoms with Gasteiger partial charge in [0.05, 0.1) is 3.79 Å². The Kier molecular flexibility index (Phi) is 5.09. The van der Waals surface area contributed by atoms with E-state index < -0.39 is 0 Å². The Labute approximate surface area is 97.5 Å². The first-order valence-corrected chi connectivity index (χ1v) is 6.33. The molecule has 2 nitrogen and oxygen atoms in total. The zero-order chi connectivity index (χ0) is 10.6. The molecule has 1 rings (SSSR count). The Morgan fingerprint density at radius 3 is 2.86 bits per heavy atom. The maximum absolute atomic E-state index is 8.74. The van der Waals surface area contributed by atoms with Crippen LogP contribution in [0.25, 0.3) is 0 Å². The van der Waals surface area contributed by atoms with E-state index in [9.17, 15) is 0 Å². The molecule has 1 atom stereocenters. The second kappa shape index (κ2) is 5.85. The Balaban J connectivity index is 2.38. The van der Waals surface area contributed by atoms with Crippen molar-refractivity contribution in [2.45, 2.75) is 32.9 Å². The van der Waals surface area contributed by atoms with Gasteiger partial charge in [-0.2, -0.15) is 0 Å². The maximum Gasteiger partial charge on any atom is 0.0730 e. The van der Waals surface area contributed by atoms with Crippen molar-refractivity contribution in [3.05, 3.63) is 20.3 Å². The van der Waals surface area contributed by atoms with Gasteiger partial charge in [0.15, 0.2) is 0 Å². The van der Waals surface area contributed by atoms with E-state index >= 15 is 0 Å². The third kappa shape index (κ3) is 3.69. The van der Waals surface area contributed by atoms with Crippen LogP contribution in [0.2, 0.25) is 0 Å². The van der Waals surface area contributed by atoms with Crippen molar-refractivity contribution < 1.29 is 5.11 Å². The van der Waals surface area contributed by atoms with Gasteiger partial charge in [-0.1, -0.05) is 0 Å². The number of hydrogen-bond donors (Lipinski definition) is 2. The molecule has 0 radical (unpaired) electrons. The molecule has 0 aliphatic heterocycles. The number of hydrogen-bond acceptors (Lipinski definition) is 3. The van der Waals surface area contributed by atoms with E-state index in [1.807, 2.05) is 0 Å². The van der Waals surface area contributed by atoms with Crippen molar-refractivity contribution >= 4 is 27.3 Å². The molecule has 1 aromatic rings. The Morgan fingerprint density at radius 1 is 1.64 bits per heavy atom. The molecule has 0 spiro atoms. The fraction of sp³-hybridized carbons (Fsp3) is 0.600. The third-order valence-corrected chi connectivity index (χ3v) is 4.23. The molecule has 0 aromatic carbocycles. The number of aliphatic hydroxyl groups is 1. The van der Waals surface area contributed by atoms with Gasteiger partial charge in [-0.25, -0.2) is 0 Å². The van der Waals surface area contributed by atoms with Crippen LogP contribution >= 0.6 is 27.3 Å². The van der Waals surface area contributed by atoms with E-state index in [2.05, 4.69) is 41.2 Å². The fourth-order valence-electron chi connectivity index (χ4n) is 1.18. The van der Waals surface area contributed by atoms with Crippen molar-refractivity contribution in [1.29, 1.82) is 0 Å². The van der Waals surface area contributed by atoms with E-state index in [-0.39, 0.29) is 6.61 Å². The van der Waals surface area contributed by atoms with Crippen LogP contribution in [0.1, 0.15) is 23.8 Å². The van der Waals surface area contributed by atoms with Crippen LogP contribution in [0.15, 0.2) is 9.85 Å². The molecule has 1 heterocycles. The van der Waals surface area contributed by atoms with Gasteiger partial charge in [0, 0.05) is 24.1 Å². The molecule has 2 N–H and O–H groups in total. The molecule has 14 heavy (non-hydrogen) atoms. The van der Waals surface area contributed by atoms with Gasteiger partial charge in [-0.15, -0.1) is 11.3 Å². The number of aryl methyl sites for hydroxylation is 1.